The van der Waals surface area contributed by atoms with Crippen LogP contribution in [0.3, 0.4) is 0 Å². The zero-order chi connectivity index (χ0) is 16.3. The molecule has 0 N–H and O–H groups in total. The molecule has 1 spiro atoms. The van der Waals surface area contributed by atoms with E-state index in [0.717, 1.165) is 44.2 Å². The molecule has 0 bridgehead atoms. The van der Waals surface area contributed by atoms with E-state index in [-0.39, 0.29) is 23.4 Å². The molecule has 2 saturated heterocycles. The highest BCUT2D eigenvalue weighted by Crippen LogP contribution is 2.39. The molecule has 2 aliphatic rings. The SMILES string of the molecule is CC(=O)CC[C@@H]1CC[C@]2(CCCN(C(=O)c3ccccc3)C2)O1. The minimum absolute atomic E-state index is 0.0976. The van der Waals surface area contributed by atoms with Gasteiger partial charge in [0.1, 0.15) is 5.78 Å². The van der Waals surface area contributed by atoms with Gasteiger partial charge in [-0.3, -0.25) is 4.79 Å². The van der Waals surface area contributed by atoms with Crippen molar-refractivity contribution < 1.29 is 14.3 Å². The summed E-state index contributed by atoms with van der Waals surface area (Å²) in [5.74, 6) is 0.319. The quantitative estimate of drug-likeness (QED) is 0.857. The monoisotopic (exact) mass is 315 g/mol. The Kier molecular flexibility index (Phi) is 4.81. The van der Waals surface area contributed by atoms with E-state index in [1.807, 2.05) is 35.2 Å². The predicted octanol–water partition coefficient (Wildman–Crippen LogP) is 3.21. The summed E-state index contributed by atoms with van der Waals surface area (Å²) in [5, 5.41) is 0. The number of ketones is 1. The second-order valence-corrected chi connectivity index (χ2v) is 6.90. The Labute approximate surface area is 137 Å². The highest BCUT2D eigenvalue weighted by Gasteiger charge is 2.44. The zero-order valence-corrected chi connectivity index (χ0v) is 13.8. The summed E-state index contributed by atoms with van der Waals surface area (Å²) in [6.07, 6.45) is 5.57. The van der Waals surface area contributed by atoms with Gasteiger partial charge in [-0.05, 0) is 51.2 Å². The number of hydrogen-bond acceptors (Lipinski definition) is 3. The van der Waals surface area contributed by atoms with Crippen LogP contribution in [-0.4, -0.2) is 41.4 Å². The van der Waals surface area contributed by atoms with Crippen LogP contribution in [-0.2, 0) is 9.53 Å². The number of amides is 1. The van der Waals surface area contributed by atoms with Gasteiger partial charge in [0.15, 0.2) is 0 Å². The number of carbonyl (C=O) groups excluding carboxylic acids is 2. The molecule has 1 aromatic carbocycles. The molecule has 3 rings (SSSR count). The van der Waals surface area contributed by atoms with E-state index in [2.05, 4.69) is 0 Å². The van der Waals surface area contributed by atoms with Crippen LogP contribution in [0.2, 0.25) is 0 Å². The van der Waals surface area contributed by atoms with E-state index < -0.39 is 0 Å². The number of ether oxygens (including phenoxy) is 1. The average molecular weight is 315 g/mol. The van der Waals surface area contributed by atoms with Crippen molar-refractivity contribution in [3.05, 3.63) is 35.9 Å². The van der Waals surface area contributed by atoms with E-state index >= 15 is 0 Å². The Morgan fingerprint density at radius 2 is 2.04 bits per heavy atom. The predicted molar refractivity (Wildman–Crippen MR) is 88.3 cm³/mol. The van der Waals surface area contributed by atoms with Gasteiger partial charge in [-0.2, -0.15) is 0 Å². The third-order valence-electron chi connectivity index (χ3n) is 5.00. The molecule has 1 aromatic rings. The lowest BCUT2D eigenvalue weighted by atomic mass is 9.89. The van der Waals surface area contributed by atoms with Gasteiger partial charge in [0, 0.05) is 25.1 Å². The fraction of sp³-hybridized carbons (Fsp3) is 0.579. The van der Waals surface area contributed by atoms with E-state index in [1.165, 1.54) is 0 Å². The van der Waals surface area contributed by atoms with Gasteiger partial charge in [0.2, 0.25) is 0 Å². The molecule has 0 aromatic heterocycles. The van der Waals surface area contributed by atoms with Crippen LogP contribution in [0.1, 0.15) is 55.8 Å². The van der Waals surface area contributed by atoms with E-state index in [4.69, 9.17) is 4.74 Å². The highest BCUT2D eigenvalue weighted by atomic mass is 16.5. The molecule has 2 atom stereocenters. The van der Waals surface area contributed by atoms with Crippen LogP contribution in [0.4, 0.5) is 0 Å². The van der Waals surface area contributed by atoms with Gasteiger partial charge >= 0.3 is 0 Å². The van der Waals surface area contributed by atoms with Gasteiger partial charge < -0.3 is 14.4 Å². The summed E-state index contributed by atoms with van der Waals surface area (Å²) < 4.78 is 6.31. The maximum absolute atomic E-state index is 12.7. The van der Waals surface area contributed by atoms with Gasteiger partial charge in [0.05, 0.1) is 11.7 Å². The van der Waals surface area contributed by atoms with Crippen molar-refractivity contribution in [1.29, 1.82) is 0 Å². The number of benzene rings is 1. The molecule has 0 aliphatic carbocycles. The van der Waals surface area contributed by atoms with Crippen molar-refractivity contribution in [2.45, 2.75) is 57.2 Å². The Balaban J connectivity index is 1.62. The molecule has 4 heteroatoms. The number of rotatable bonds is 4. The lowest BCUT2D eigenvalue weighted by Gasteiger charge is -2.40. The van der Waals surface area contributed by atoms with Crippen LogP contribution in [0.5, 0.6) is 0 Å². The minimum Gasteiger partial charge on any atom is -0.370 e. The Morgan fingerprint density at radius 3 is 2.78 bits per heavy atom. The second-order valence-electron chi connectivity index (χ2n) is 6.90. The van der Waals surface area contributed by atoms with Crippen molar-refractivity contribution in [2.75, 3.05) is 13.1 Å². The van der Waals surface area contributed by atoms with Gasteiger partial charge in [0.25, 0.3) is 5.91 Å². The normalized spacial score (nSPS) is 27.3. The Bertz CT molecular complexity index is 571. The van der Waals surface area contributed by atoms with Crippen molar-refractivity contribution in [3.8, 4) is 0 Å². The molecule has 0 unspecified atom stereocenters. The molecule has 2 heterocycles. The minimum atomic E-state index is -0.190. The van der Waals surface area contributed by atoms with E-state index in [0.29, 0.717) is 13.0 Å². The maximum Gasteiger partial charge on any atom is 0.253 e. The lowest BCUT2D eigenvalue weighted by Crippen LogP contribution is -2.50. The van der Waals surface area contributed by atoms with Gasteiger partial charge in [-0.15, -0.1) is 0 Å². The number of piperidine rings is 1. The van der Waals surface area contributed by atoms with Gasteiger partial charge in [-0.1, -0.05) is 18.2 Å². The standard InChI is InChI=1S/C19H25NO3/c1-15(21)8-9-17-10-12-19(23-17)11-5-13-20(14-19)18(22)16-6-3-2-4-7-16/h2-4,6-7,17H,5,8-14H2,1H3/t17-,19+/m1/s1. The molecule has 0 radical (unpaired) electrons. The number of carbonyl (C=O) groups is 2. The topological polar surface area (TPSA) is 46.6 Å². The largest absolute Gasteiger partial charge is 0.370 e. The average Bonchev–Trinajstić information content (AvgIpc) is 2.95. The Hall–Kier alpha value is -1.68. The smallest absolute Gasteiger partial charge is 0.253 e. The van der Waals surface area contributed by atoms with Crippen LogP contribution >= 0.6 is 0 Å². The fourth-order valence-electron chi connectivity index (χ4n) is 3.80. The molecular formula is C19H25NO3. The Morgan fingerprint density at radius 1 is 1.26 bits per heavy atom. The molecular weight excluding hydrogens is 290 g/mol. The van der Waals surface area contributed by atoms with Crippen LogP contribution in [0, 0.1) is 0 Å². The van der Waals surface area contributed by atoms with E-state index in [9.17, 15) is 9.59 Å². The highest BCUT2D eigenvalue weighted by molar-refractivity contribution is 5.94. The molecule has 2 fully saturated rings. The summed E-state index contributed by atoms with van der Waals surface area (Å²) in [5.41, 5.74) is 0.556. The first kappa shape index (κ1) is 16.2. The summed E-state index contributed by atoms with van der Waals surface area (Å²) in [7, 11) is 0. The molecule has 23 heavy (non-hydrogen) atoms. The van der Waals surface area contributed by atoms with Crippen molar-refractivity contribution >= 4 is 11.7 Å². The van der Waals surface area contributed by atoms with Crippen LogP contribution in [0.25, 0.3) is 0 Å². The van der Waals surface area contributed by atoms with Gasteiger partial charge in [-0.25, -0.2) is 0 Å². The molecule has 2 aliphatic heterocycles. The lowest BCUT2D eigenvalue weighted by molar-refractivity contribution is -0.118. The molecule has 4 nitrogen and oxygen atoms in total. The summed E-state index contributed by atoms with van der Waals surface area (Å²) in [6, 6.07) is 9.46. The number of likely N-dealkylation sites (tertiary alicyclic amines) is 1. The molecule has 0 saturated carbocycles. The first-order valence-electron chi connectivity index (χ1n) is 8.60. The zero-order valence-electron chi connectivity index (χ0n) is 13.8. The number of hydrogen-bond donors (Lipinski definition) is 0. The molecule has 124 valence electrons. The summed E-state index contributed by atoms with van der Waals surface area (Å²) >= 11 is 0. The number of nitrogens with zero attached hydrogens (tertiary/aromatic N) is 1. The maximum atomic E-state index is 12.7. The van der Waals surface area contributed by atoms with E-state index in [1.54, 1.807) is 6.92 Å². The first-order chi connectivity index (χ1) is 11.1. The summed E-state index contributed by atoms with van der Waals surface area (Å²) in [4.78, 5) is 25.8. The van der Waals surface area contributed by atoms with Crippen molar-refractivity contribution in [2.24, 2.45) is 0 Å². The van der Waals surface area contributed by atoms with Crippen molar-refractivity contribution in [1.82, 2.24) is 4.90 Å². The fourth-order valence-corrected chi connectivity index (χ4v) is 3.80. The third-order valence-corrected chi connectivity index (χ3v) is 5.00. The summed E-state index contributed by atoms with van der Waals surface area (Å²) in [6.45, 7) is 3.11. The number of Topliss-reactive ketones (excluding diaryl/α,β-unsaturated/α-hetero) is 1. The second kappa shape index (κ2) is 6.83. The van der Waals surface area contributed by atoms with Crippen molar-refractivity contribution in [3.63, 3.8) is 0 Å². The third kappa shape index (κ3) is 3.81. The molecule has 1 amide bonds. The van der Waals surface area contributed by atoms with Crippen LogP contribution < -0.4 is 0 Å². The van der Waals surface area contributed by atoms with Crippen LogP contribution in [0.15, 0.2) is 30.3 Å². The first-order valence-corrected chi connectivity index (χ1v) is 8.60.